The lowest BCUT2D eigenvalue weighted by atomic mass is 10.1. The van der Waals surface area contributed by atoms with Gasteiger partial charge < -0.3 is 4.74 Å². The largest absolute Gasteiger partial charge is 0.498 e. The summed E-state index contributed by atoms with van der Waals surface area (Å²) in [5.41, 5.74) is 1.53. The SMILES string of the molecule is CC(OC=C1CCCC1)C1CSC1. The molecule has 2 fully saturated rings. The van der Waals surface area contributed by atoms with Gasteiger partial charge in [-0.2, -0.15) is 11.8 Å². The fraction of sp³-hybridized carbons (Fsp3) is 0.818. The van der Waals surface area contributed by atoms with Gasteiger partial charge in [0.1, 0.15) is 0 Å². The molecule has 0 aromatic carbocycles. The third kappa shape index (κ3) is 2.43. The van der Waals surface area contributed by atoms with Gasteiger partial charge in [0.2, 0.25) is 0 Å². The van der Waals surface area contributed by atoms with E-state index in [0.29, 0.717) is 6.10 Å². The molecule has 0 N–H and O–H groups in total. The third-order valence-corrected chi connectivity index (χ3v) is 4.35. The van der Waals surface area contributed by atoms with Crippen molar-refractivity contribution in [3.05, 3.63) is 11.8 Å². The molecule has 0 bridgehead atoms. The normalized spacial score (nSPS) is 25.5. The van der Waals surface area contributed by atoms with Crippen molar-refractivity contribution in [2.24, 2.45) is 5.92 Å². The highest BCUT2D eigenvalue weighted by atomic mass is 32.2. The maximum absolute atomic E-state index is 5.75. The second kappa shape index (κ2) is 4.41. The Morgan fingerprint density at radius 1 is 1.38 bits per heavy atom. The quantitative estimate of drug-likeness (QED) is 0.644. The summed E-state index contributed by atoms with van der Waals surface area (Å²) in [6.45, 7) is 2.20. The first-order valence-electron chi connectivity index (χ1n) is 5.27. The average Bonchev–Trinajstić information content (AvgIpc) is 2.49. The Bertz CT molecular complexity index is 188. The Kier molecular flexibility index (Phi) is 3.20. The zero-order valence-electron chi connectivity index (χ0n) is 8.29. The molecule has 2 heteroatoms. The minimum atomic E-state index is 0.439. The predicted molar refractivity (Wildman–Crippen MR) is 57.9 cm³/mol. The van der Waals surface area contributed by atoms with Crippen molar-refractivity contribution in [2.45, 2.75) is 38.7 Å². The van der Waals surface area contributed by atoms with Gasteiger partial charge in [-0.1, -0.05) is 0 Å². The molecule has 74 valence electrons. The standard InChI is InChI=1S/C11H18OS/c1-9(11-7-13-8-11)12-6-10-4-2-3-5-10/h6,9,11H,2-5,7-8H2,1H3. The summed E-state index contributed by atoms with van der Waals surface area (Å²) in [6, 6.07) is 0. The molecule has 1 saturated carbocycles. The molecule has 0 aromatic heterocycles. The van der Waals surface area contributed by atoms with Crippen molar-refractivity contribution < 1.29 is 4.74 Å². The van der Waals surface area contributed by atoms with Crippen molar-refractivity contribution >= 4 is 11.8 Å². The van der Waals surface area contributed by atoms with Crippen LogP contribution < -0.4 is 0 Å². The maximum atomic E-state index is 5.75. The van der Waals surface area contributed by atoms with Gasteiger partial charge in [0, 0.05) is 17.4 Å². The fourth-order valence-corrected chi connectivity index (χ4v) is 2.84. The van der Waals surface area contributed by atoms with Gasteiger partial charge in [-0.15, -0.1) is 0 Å². The lowest BCUT2D eigenvalue weighted by Crippen LogP contribution is -2.30. The van der Waals surface area contributed by atoms with Gasteiger partial charge in [0.05, 0.1) is 12.4 Å². The van der Waals surface area contributed by atoms with E-state index in [4.69, 9.17) is 4.74 Å². The highest BCUT2D eigenvalue weighted by Crippen LogP contribution is 2.30. The van der Waals surface area contributed by atoms with E-state index >= 15 is 0 Å². The van der Waals surface area contributed by atoms with Crippen LogP contribution in [-0.4, -0.2) is 17.6 Å². The van der Waals surface area contributed by atoms with Crippen LogP contribution in [0, 0.1) is 5.92 Å². The van der Waals surface area contributed by atoms with Crippen molar-refractivity contribution in [3.8, 4) is 0 Å². The second-order valence-corrected chi connectivity index (χ2v) is 5.20. The van der Waals surface area contributed by atoms with Crippen LogP contribution in [-0.2, 0) is 4.74 Å². The zero-order valence-corrected chi connectivity index (χ0v) is 9.11. The minimum Gasteiger partial charge on any atom is -0.498 e. The highest BCUT2D eigenvalue weighted by Gasteiger charge is 2.25. The van der Waals surface area contributed by atoms with Gasteiger partial charge in [-0.25, -0.2) is 0 Å². The fourth-order valence-electron chi connectivity index (χ4n) is 1.79. The molecule has 1 heterocycles. The van der Waals surface area contributed by atoms with E-state index in [0.717, 1.165) is 5.92 Å². The van der Waals surface area contributed by atoms with Crippen LogP contribution in [0.4, 0.5) is 0 Å². The molecular weight excluding hydrogens is 180 g/mol. The van der Waals surface area contributed by atoms with Crippen LogP contribution in [0.5, 0.6) is 0 Å². The smallest absolute Gasteiger partial charge is 0.0994 e. The Morgan fingerprint density at radius 3 is 2.62 bits per heavy atom. The summed E-state index contributed by atoms with van der Waals surface area (Å²) in [4.78, 5) is 0. The molecule has 0 spiro atoms. The maximum Gasteiger partial charge on any atom is 0.0994 e. The van der Waals surface area contributed by atoms with E-state index in [1.54, 1.807) is 0 Å². The molecular formula is C11H18OS. The first-order valence-corrected chi connectivity index (χ1v) is 6.43. The molecule has 1 saturated heterocycles. The molecule has 2 rings (SSSR count). The van der Waals surface area contributed by atoms with Gasteiger partial charge in [-0.05, 0) is 38.2 Å². The molecule has 1 nitrogen and oxygen atoms in total. The monoisotopic (exact) mass is 198 g/mol. The zero-order chi connectivity index (χ0) is 9.10. The van der Waals surface area contributed by atoms with Crippen LogP contribution in [0.15, 0.2) is 11.8 Å². The molecule has 0 aromatic rings. The first kappa shape index (κ1) is 9.45. The lowest BCUT2D eigenvalue weighted by molar-refractivity contribution is 0.115. The van der Waals surface area contributed by atoms with Crippen LogP contribution in [0.25, 0.3) is 0 Å². The molecule has 2 aliphatic rings. The topological polar surface area (TPSA) is 9.23 Å². The van der Waals surface area contributed by atoms with Crippen molar-refractivity contribution in [1.29, 1.82) is 0 Å². The number of ether oxygens (including phenoxy) is 1. The summed E-state index contributed by atoms with van der Waals surface area (Å²) in [5.74, 6) is 3.40. The van der Waals surface area contributed by atoms with Gasteiger partial charge in [0.25, 0.3) is 0 Å². The summed E-state index contributed by atoms with van der Waals surface area (Å²) in [5, 5.41) is 0. The molecule has 1 atom stereocenters. The molecule has 0 radical (unpaired) electrons. The van der Waals surface area contributed by atoms with Crippen molar-refractivity contribution in [3.63, 3.8) is 0 Å². The van der Waals surface area contributed by atoms with Gasteiger partial charge in [0.15, 0.2) is 0 Å². The van der Waals surface area contributed by atoms with E-state index in [1.807, 2.05) is 18.0 Å². The Hall–Kier alpha value is -0.110. The van der Waals surface area contributed by atoms with Gasteiger partial charge in [-0.3, -0.25) is 0 Å². The van der Waals surface area contributed by atoms with Gasteiger partial charge >= 0.3 is 0 Å². The Morgan fingerprint density at radius 2 is 2.08 bits per heavy atom. The van der Waals surface area contributed by atoms with Crippen LogP contribution in [0.2, 0.25) is 0 Å². The average molecular weight is 198 g/mol. The highest BCUT2D eigenvalue weighted by molar-refractivity contribution is 8.00. The molecule has 13 heavy (non-hydrogen) atoms. The first-order chi connectivity index (χ1) is 6.36. The summed E-state index contributed by atoms with van der Waals surface area (Å²) < 4.78 is 5.75. The Balaban J connectivity index is 1.73. The summed E-state index contributed by atoms with van der Waals surface area (Å²) >= 11 is 2.03. The van der Waals surface area contributed by atoms with Crippen LogP contribution in [0.3, 0.4) is 0 Å². The van der Waals surface area contributed by atoms with E-state index in [9.17, 15) is 0 Å². The van der Waals surface area contributed by atoms with Crippen LogP contribution in [0.1, 0.15) is 32.6 Å². The van der Waals surface area contributed by atoms with Crippen molar-refractivity contribution in [1.82, 2.24) is 0 Å². The molecule has 0 amide bonds. The van der Waals surface area contributed by atoms with E-state index < -0.39 is 0 Å². The number of hydrogen-bond acceptors (Lipinski definition) is 2. The van der Waals surface area contributed by atoms with Crippen LogP contribution >= 0.6 is 11.8 Å². The number of thioether (sulfide) groups is 1. The number of rotatable bonds is 3. The summed E-state index contributed by atoms with van der Waals surface area (Å²) in [7, 11) is 0. The Labute approximate surface area is 84.9 Å². The molecule has 1 aliphatic heterocycles. The number of allylic oxidation sites excluding steroid dienone is 1. The van der Waals surface area contributed by atoms with E-state index in [2.05, 4.69) is 6.92 Å². The van der Waals surface area contributed by atoms with E-state index in [1.165, 1.54) is 42.8 Å². The predicted octanol–water partition coefficient (Wildman–Crippen LogP) is 3.21. The third-order valence-electron chi connectivity index (χ3n) is 3.02. The minimum absolute atomic E-state index is 0.439. The second-order valence-electron chi connectivity index (χ2n) is 4.12. The summed E-state index contributed by atoms with van der Waals surface area (Å²) in [6.07, 6.45) is 7.75. The molecule has 1 unspecified atom stereocenters. The number of hydrogen-bond donors (Lipinski definition) is 0. The molecule has 1 aliphatic carbocycles. The van der Waals surface area contributed by atoms with E-state index in [-0.39, 0.29) is 0 Å². The van der Waals surface area contributed by atoms with Crippen molar-refractivity contribution in [2.75, 3.05) is 11.5 Å². The lowest BCUT2D eigenvalue weighted by Gasteiger charge is -2.30.